The van der Waals surface area contributed by atoms with Gasteiger partial charge in [0.1, 0.15) is 5.60 Å². The Morgan fingerprint density at radius 1 is 1.40 bits per heavy atom. The summed E-state index contributed by atoms with van der Waals surface area (Å²) in [5.74, 6) is -2.13. The van der Waals surface area contributed by atoms with Crippen LogP contribution in [0.4, 0.5) is 9.18 Å². The molecule has 1 rings (SSSR count). The van der Waals surface area contributed by atoms with Gasteiger partial charge in [0.15, 0.2) is 0 Å². The zero-order valence-electron chi connectivity index (χ0n) is 9.42. The van der Waals surface area contributed by atoms with Crippen LogP contribution >= 0.6 is 0 Å². The van der Waals surface area contributed by atoms with Crippen LogP contribution in [0.15, 0.2) is 0 Å². The van der Waals surface area contributed by atoms with Crippen molar-refractivity contribution < 1.29 is 19.0 Å². The van der Waals surface area contributed by atoms with Crippen molar-refractivity contribution in [1.82, 2.24) is 4.90 Å². The Hall–Kier alpha value is -0.840. The Morgan fingerprint density at radius 3 is 2.27 bits per heavy atom. The van der Waals surface area contributed by atoms with Crippen LogP contribution in [0, 0.1) is 0 Å². The third-order valence-electron chi connectivity index (χ3n) is 2.18. The average molecular weight is 219 g/mol. The molecule has 1 saturated heterocycles. The van der Waals surface area contributed by atoms with Gasteiger partial charge in [-0.05, 0) is 20.8 Å². The summed E-state index contributed by atoms with van der Waals surface area (Å²) in [5, 5.41) is 9.06. The lowest BCUT2D eigenvalue weighted by Crippen LogP contribution is -2.46. The zero-order chi connectivity index (χ0) is 11.7. The average Bonchev–Trinajstić information content (AvgIpc) is 2.00. The standard InChI is InChI=1S/C10H18FNO3/c1-9(2,3)15-8(13)12-6-4-10(11,14)5-7-12/h14H,4-7H2,1-3H3. The van der Waals surface area contributed by atoms with E-state index in [1.165, 1.54) is 4.90 Å². The Morgan fingerprint density at radius 2 is 1.87 bits per heavy atom. The van der Waals surface area contributed by atoms with E-state index >= 15 is 0 Å². The highest BCUT2D eigenvalue weighted by Gasteiger charge is 2.34. The number of halogens is 1. The fraction of sp³-hybridized carbons (Fsp3) is 0.900. The van der Waals surface area contributed by atoms with Crippen LogP contribution in [0.2, 0.25) is 0 Å². The lowest BCUT2D eigenvalue weighted by molar-refractivity contribution is -0.125. The van der Waals surface area contributed by atoms with Crippen molar-refractivity contribution in [1.29, 1.82) is 0 Å². The summed E-state index contributed by atoms with van der Waals surface area (Å²) in [6, 6.07) is 0. The number of likely N-dealkylation sites (tertiary alicyclic amines) is 1. The van der Waals surface area contributed by atoms with Crippen LogP contribution in [0.5, 0.6) is 0 Å². The summed E-state index contributed by atoms with van der Waals surface area (Å²) in [6.07, 6.45) is -0.545. The Kier molecular flexibility index (Phi) is 3.23. The molecule has 0 aromatic carbocycles. The molecule has 0 aromatic rings. The second kappa shape index (κ2) is 3.96. The number of alkyl halides is 1. The predicted molar refractivity (Wildman–Crippen MR) is 53.1 cm³/mol. The van der Waals surface area contributed by atoms with E-state index in [2.05, 4.69) is 0 Å². The fourth-order valence-electron chi connectivity index (χ4n) is 1.36. The number of carbonyl (C=O) groups is 1. The van der Waals surface area contributed by atoms with E-state index < -0.39 is 17.5 Å². The molecule has 0 saturated carbocycles. The van der Waals surface area contributed by atoms with Gasteiger partial charge in [0.2, 0.25) is 5.85 Å². The number of piperidine rings is 1. The molecule has 1 amide bonds. The first-order valence-electron chi connectivity index (χ1n) is 5.09. The molecule has 0 radical (unpaired) electrons. The van der Waals surface area contributed by atoms with Gasteiger partial charge in [-0.3, -0.25) is 0 Å². The van der Waals surface area contributed by atoms with E-state index in [1.54, 1.807) is 20.8 Å². The summed E-state index contributed by atoms with van der Waals surface area (Å²) >= 11 is 0. The number of nitrogens with zero attached hydrogens (tertiary/aromatic N) is 1. The molecule has 4 nitrogen and oxygen atoms in total. The lowest BCUT2D eigenvalue weighted by Gasteiger charge is -2.34. The van der Waals surface area contributed by atoms with Crippen LogP contribution in [-0.4, -0.2) is 40.6 Å². The summed E-state index contributed by atoms with van der Waals surface area (Å²) in [4.78, 5) is 12.9. The topological polar surface area (TPSA) is 49.8 Å². The van der Waals surface area contributed by atoms with Crippen molar-refractivity contribution in [3.8, 4) is 0 Å². The first-order valence-corrected chi connectivity index (χ1v) is 5.09. The molecule has 0 spiro atoms. The van der Waals surface area contributed by atoms with Gasteiger partial charge in [0, 0.05) is 25.9 Å². The fourth-order valence-corrected chi connectivity index (χ4v) is 1.36. The lowest BCUT2D eigenvalue weighted by atomic mass is 10.1. The summed E-state index contributed by atoms with van der Waals surface area (Å²) < 4.78 is 18.2. The molecule has 0 unspecified atom stereocenters. The molecule has 1 N–H and O–H groups in total. The smallest absolute Gasteiger partial charge is 0.410 e. The Labute approximate surface area is 89.0 Å². The van der Waals surface area contributed by atoms with Gasteiger partial charge < -0.3 is 14.7 Å². The molecule has 0 atom stereocenters. The maximum atomic E-state index is 13.0. The molecule has 5 heteroatoms. The molecule has 1 fully saturated rings. The van der Waals surface area contributed by atoms with Crippen LogP contribution in [-0.2, 0) is 4.74 Å². The van der Waals surface area contributed by atoms with Gasteiger partial charge in [-0.15, -0.1) is 0 Å². The van der Waals surface area contributed by atoms with Gasteiger partial charge in [-0.1, -0.05) is 0 Å². The number of carbonyl (C=O) groups excluding carboxylic acids is 1. The van der Waals surface area contributed by atoms with Crippen molar-refractivity contribution in [2.75, 3.05) is 13.1 Å². The first kappa shape index (κ1) is 12.2. The first-order chi connectivity index (χ1) is 6.70. The van der Waals surface area contributed by atoms with E-state index in [0.717, 1.165) is 0 Å². The third-order valence-corrected chi connectivity index (χ3v) is 2.18. The van der Waals surface area contributed by atoms with E-state index in [1.807, 2.05) is 0 Å². The maximum absolute atomic E-state index is 13.0. The zero-order valence-corrected chi connectivity index (χ0v) is 9.42. The largest absolute Gasteiger partial charge is 0.444 e. The van der Waals surface area contributed by atoms with Crippen LogP contribution in [0.1, 0.15) is 33.6 Å². The van der Waals surface area contributed by atoms with E-state index in [0.29, 0.717) is 0 Å². The molecule has 0 aromatic heterocycles. The molecular weight excluding hydrogens is 201 g/mol. The number of aliphatic hydroxyl groups is 1. The van der Waals surface area contributed by atoms with Crippen LogP contribution in [0.3, 0.4) is 0 Å². The van der Waals surface area contributed by atoms with Crippen molar-refractivity contribution in [3.63, 3.8) is 0 Å². The molecule has 88 valence electrons. The minimum Gasteiger partial charge on any atom is -0.444 e. The minimum absolute atomic E-state index is 0.0494. The SMILES string of the molecule is CC(C)(C)OC(=O)N1CCC(O)(F)CC1. The summed E-state index contributed by atoms with van der Waals surface area (Å²) in [5.41, 5.74) is -0.541. The van der Waals surface area contributed by atoms with Crippen molar-refractivity contribution in [2.45, 2.75) is 45.1 Å². The number of amides is 1. The third kappa shape index (κ3) is 4.03. The molecule has 1 aliphatic rings. The summed E-state index contributed by atoms with van der Waals surface area (Å²) in [7, 11) is 0. The quantitative estimate of drug-likeness (QED) is 0.674. The second-order valence-corrected chi connectivity index (χ2v) is 4.89. The maximum Gasteiger partial charge on any atom is 0.410 e. The number of rotatable bonds is 0. The highest BCUT2D eigenvalue weighted by molar-refractivity contribution is 5.68. The highest BCUT2D eigenvalue weighted by atomic mass is 19.2. The normalized spacial score (nSPS) is 21.3. The Bertz CT molecular complexity index is 238. The molecule has 1 aliphatic heterocycles. The summed E-state index contributed by atoms with van der Waals surface area (Å²) in [6.45, 7) is 5.73. The van der Waals surface area contributed by atoms with Gasteiger partial charge in [-0.25, -0.2) is 9.18 Å². The van der Waals surface area contributed by atoms with Gasteiger partial charge >= 0.3 is 6.09 Å². The van der Waals surface area contributed by atoms with Crippen molar-refractivity contribution >= 4 is 6.09 Å². The molecule has 1 heterocycles. The van der Waals surface area contributed by atoms with E-state index in [-0.39, 0.29) is 25.9 Å². The molecule has 0 aliphatic carbocycles. The van der Waals surface area contributed by atoms with Gasteiger partial charge in [0.05, 0.1) is 0 Å². The number of hydrogen-bond acceptors (Lipinski definition) is 3. The van der Waals surface area contributed by atoms with Crippen molar-refractivity contribution in [2.24, 2.45) is 0 Å². The van der Waals surface area contributed by atoms with Gasteiger partial charge in [0.25, 0.3) is 0 Å². The van der Waals surface area contributed by atoms with Crippen LogP contribution in [0.25, 0.3) is 0 Å². The Balaban J connectivity index is 2.44. The van der Waals surface area contributed by atoms with Gasteiger partial charge in [-0.2, -0.15) is 0 Å². The minimum atomic E-state index is -2.13. The highest BCUT2D eigenvalue weighted by Crippen LogP contribution is 2.24. The second-order valence-electron chi connectivity index (χ2n) is 4.89. The molecular formula is C10H18FNO3. The monoisotopic (exact) mass is 219 g/mol. The van der Waals surface area contributed by atoms with Crippen LogP contribution < -0.4 is 0 Å². The van der Waals surface area contributed by atoms with Crippen molar-refractivity contribution in [3.05, 3.63) is 0 Å². The molecule has 0 bridgehead atoms. The predicted octanol–water partition coefficient (Wildman–Crippen LogP) is 1.68. The van der Waals surface area contributed by atoms with E-state index in [4.69, 9.17) is 9.84 Å². The number of ether oxygens (including phenoxy) is 1. The van der Waals surface area contributed by atoms with E-state index in [9.17, 15) is 9.18 Å². The molecule has 15 heavy (non-hydrogen) atoms. The number of hydrogen-bond donors (Lipinski definition) is 1.